The highest BCUT2D eigenvalue weighted by atomic mass is 16.5. The van der Waals surface area contributed by atoms with E-state index in [1.165, 1.54) is 5.56 Å². The third-order valence-corrected chi connectivity index (χ3v) is 4.10. The SMILES string of the molecule is CCOC(=O)c1c(C)oc2nc(C)nc(NCCCc3ccccc3)c12. The molecule has 0 aliphatic heterocycles. The van der Waals surface area contributed by atoms with Crippen LogP contribution in [0.2, 0.25) is 0 Å². The van der Waals surface area contributed by atoms with Gasteiger partial charge in [0.05, 0.1) is 12.0 Å². The monoisotopic (exact) mass is 353 g/mol. The van der Waals surface area contributed by atoms with Crippen LogP contribution in [0.3, 0.4) is 0 Å². The summed E-state index contributed by atoms with van der Waals surface area (Å²) in [5.74, 6) is 1.28. The first-order valence-corrected chi connectivity index (χ1v) is 8.82. The molecule has 0 fully saturated rings. The van der Waals surface area contributed by atoms with Crippen LogP contribution >= 0.6 is 0 Å². The Hall–Kier alpha value is -2.89. The minimum Gasteiger partial charge on any atom is -0.462 e. The Kier molecular flexibility index (Phi) is 5.51. The van der Waals surface area contributed by atoms with E-state index in [9.17, 15) is 4.79 Å². The second-order valence-electron chi connectivity index (χ2n) is 6.07. The summed E-state index contributed by atoms with van der Waals surface area (Å²) in [7, 11) is 0. The molecular weight excluding hydrogens is 330 g/mol. The first kappa shape index (κ1) is 17.9. The van der Waals surface area contributed by atoms with Crippen molar-refractivity contribution in [3.63, 3.8) is 0 Å². The van der Waals surface area contributed by atoms with Gasteiger partial charge in [-0.05, 0) is 39.2 Å². The molecule has 2 aromatic heterocycles. The van der Waals surface area contributed by atoms with E-state index in [0.717, 1.165) is 19.4 Å². The second kappa shape index (κ2) is 7.99. The molecule has 0 spiro atoms. The fourth-order valence-corrected chi connectivity index (χ4v) is 2.94. The van der Waals surface area contributed by atoms with Gasteiger partial charge in [-0.2, -0.15) is 4.98 Å². The number of hydrogen-bond acceptors (Lipinski definition) is 6. The summed E-state index contributed by atoms with van der Waals surface area (Å²) in [5, 5.41) is 3.92. The average Bonchev–Trinajstić information content (AvgIpc) is 2.95. The van der Waals surface area contributed by atoms with Crippen LogP contribution < -0.4 is 5.32 Å². The lowest BCUT2D eigenvalue weighted by Gasteiger charge is -2.09. The number of ether oxygens (including phenoxy) is 1. The summed E-state index contributed by atoms with van der Waals surface area (Å²) in [6, 6.07) is 10.3. The van der Waals surface area contributed by atoms with Gasteiger partial charge in [0.25, 0.3) is 0 Å². The zero-order valence-electron chi connectivity index (χ0n) is 15.3. The van der Waals surface area contributed by atoms with Gasteiger partial charge in [0.2, 0.25) is 5.71 Å². The van der Waals surface area contributed by atoms with Gasteiger partial charge in [-0.15, -0.1) is 0 Å². The number of esters is 1. The molecule has 3 aromatic rings. The van der Waals surface area contributed by atoms with Crippen LogP contribution in [0, 0.1) is 13.8 Å². The molecule has 0 saturated heterocycles. The molecular formula is C20H23N3O3. The quantitative estimate of drug-likeness (QED) is 0.510. The number of anilines is 1. The summed E-state index contributed by atoms with van der Waals surface area (Å²) < 4.78 is 10.8. The van der Waals surface area contributed by atoms with Crippen LogP contribution in [0.1, 0.15) is 40.9 Å². The maximum atomic E-state index is 12.3. The zero-order chi connectivity index (χ0) is 18.5. The molecule has 0 aliphatic rings. The van der Waals surface area contributed by atoms with E-state index in [-0.39, 0.29) is 0 Å². The minimum absolute atomic E-state index is 0.303. The fraction of sp³-hybridized carbons (Fsp3) is 0.350. The summed E-state index contributed by atoms with van der Waals surface area (Å²) in [5.41, 5.74) is 2.10. The van der Waals surface area contributed by atoms with Crippen LogP contribution in [-0.4, -0.2) is 29.1 Å². The number of carbonyl (C=O) groups excluding carboxylic acids is 1. The Morgan fingerprint density at radius 2 is 1.96 bits per heavy atom. The number of nitrogens with one attached hydrogen (secondary N) is 1. The summed E-state index contributed by atoms with van der Waals surface area (Å²) >= 11 is 0. The van der Waals surface area contributed by atoms with E-state index in [0.29, 0.717) is 40.7 Å². The van der Waals surface area contributed by atoms with Crippen molar-refractivity contribution in [1.29, 1.82) is 0 Å². The third-order valence-electron chi connectivity index (χ3n) is 4.10. The first-order chi connectivity index (χ1) is 12.6. The zero-order valence-corrected chi connectivity index (χ0v) is 15.3. The van der Waals surface area contributed by atoms with Crippen LogP contribution in [0.5, 0.6) is 0 Å². The third kappa shape index (κ3) is 3.85. The minimum atomic E-state index is -0.413. The molecule has 0 saturated carbocycles. The number of carbonyl (C=O) groups is 1. The number of aromatic nitrogens is 2. The molecule has 0 radical (unpaired) electrons. The van der Waals surface area contributed by atoms with Gasteiger partial charge in [-0.3, -0.25) is 0 Å². The normalized spacial score (nSPS) is 10.9. The fourth-order valence-electron chi connectivity index (χ4n) is 2.94. The molecule has 0 bridgehead atoms. The lowest BCUT2D eigenvalue weighted by Crippen LogP contribution is -2.10. The lowest BCUT2D eigenvalue weighted by molar-refractivity contribution is 0.0526. The Balaban J connectivity index is 1.81. The number of fused-ring (bicyclic) bond motifs is 1. The molecule has 0 atom stereocenters. The van der Waals surface area contributed by atoms with E-state index < -0.39 is 5.97 Å². The average molecular weight is 353 g/mol. The number of benzene rings is 1. The largest absolute Gasteiger partial charge is 0.462 e. The number of nitrogens with zero attached hydrogens (tertiary/aromatic N) is 2. The molecule has 6 heteroatoms. The van der Waals surface area contributed by atoms with Crippen molar-refractivity contribution in [1.82, 2.24) is 9.97 Å². The predicted molar refractivity (Wildman–Crippen MR) is 100 cm³/mol. The van der Waals surface area contributed by atoms with Crippen molar-refractivity contribution in [2.75, 3.05) is 18.5 Å². The van der Waals surface area contributed by atoms with Crippen molar-refractivity contribution in [2.45, 2.75) is 33.6 Å². The standard InChI is InChI=1S/C20H23N3O3/c1-4-25-20(24)16-13(2)26-19-17(16)18(22-14(3)23-19)21-12-8-11-15-9-6-5-7-10-15/h5-7,9-10H,4,8,11-12H2,1-3H3,(H,21,22,23). The highest BCUT2D eigenvalue weighted by Gasteiger charge is 2.24. The molecule has 3 rings (SSSR count). The van der Waals surface area contributed by atoms with Crippen molar-refractivity contribution in [3.05, 3.63) is 53.0 Å². The summed E-state index contributed by atoms with van der Waals surface area (Å²) in [4.78, 5) is 21.1. The second-order valence-corrected chi connectivity index (χ2v) is 6.07. The molecule has 6 nitrogen and oxygen atoms in total. The van der Waals surface area contributed by atoms with Crippen LogP contribution in [0.4, 0.5) is 5.82 Å². The Morgan fingerprint density at radius 3 is 2.69 bits per heavy atom. The van der Waals surface area contributed by atoms with Crippen molar-refractivity contribution < 1.29 is 13.9 Å². The Labute approximate surface area is 152 Å². The van der Waals surface area contributed by atoms with Crippen molar-refractivity contribution in [3.8, 4) is 0 Å². The molecule has 136 valence electrons. The van der Waals surface area contributed by atoms with Crippen LogP contribution in [0.25, 0.3) is 11.1 Å². The molecule has 1 aromatic carbocycles. The van der Waals surface area contributed by atoms with Gasteiger partial charge >= 0.3 is 5.97 Å². The molecule has 26 heavy (non-hydrogen) atoms. The van der Waals surface area contributed by atoms with Gasteiger partial charge in [-0.25, -0.2) is 9.78 Å². The van der Waals surface area contributed by atoms with Crippen molar-refractivity contribution >= 4 is 22.9 Å². The summed E-state index contributed by atoms with van der Waals surface area (Å²) in [6.07, 6.45) is 1.91. The Morgan fingerprint density at radius 1 is 1.19 bits per heavy atom. The Bertz CT molecular complexity index is 904. The summed E-state index contributed by atoms with van der Waals surface area (Å²) in [6.45, 7) is 6.35. The van der Waals surface area contributed by atoms with Gasteiger partial charge in [0, 0.05) is 6.54 Å². The molecule has 1 N–H and O–H groups in total. The maximum Gasteiger partial charge on any atom is 0.342 e. The van der Waals surface area contributed by atoms with Gasteiger partial charge in [0.1, 0.15) is 23.0 Å². The maximum absolute atomic E-state index is 12.3. The van der Waals surface area contributed by atoms with E-state index in [1.54, 1.807) is 20.8 Å². The highest BCUT2D eigenvalue weighted by Crippen LogP contribution is 2.30. The van der Waals surface area contributed by atoms with Gasteiger partial charge < -0.3 is 14.5 Å². The van der Waals surface area contributed by atoms with E-state index in [4.69, 9.17) is 9.15 Å². The number of aryl methyl sites for hydroxylation is 3. The molecule has 2 heterocycles. The number of rotatable bonds is 7. The van der Waals surface area contributed by atoms with Crippen LogP contribution in [-0.2, 0) is 11.2 Å². The van der Waals surface area contributed by atoms with Gasteiger partial charge in [0.15, 0.2) is 0 Å². The predicted octanol–water partition coefficient (Wildman–Crippen LogP) is 4.06. The lowest BCUT2D eigenvalue weighted by atomic mass is 10.1. The first-order valence-electron chi connectivity index (χ1n) is 8.82. The van der Waals surface area contributed by atoms with Crippen molar-refractivity contribution in [2.24, 2.45) is 0 Å². The number of furan rings is 1. The molecule has 0 aliphatic carbocycles. The van der Waals surface area contributed by atoms with Crippen LogP contribution in [0.15, 0.2) is 34.7 Å². The molecule has 0 unspecified atom stereocenters. The van der Waals surface area contributed by atoms with E-state index in [2.05, 4.69) is 27.4 Å². The number of hydrogen-bond donors (Lipinski definition) is 1. The molecule has 0 amide bonds. The van der Waals surface area contributed by atoms with Gasteiger partial charge in [-0.1, -0.05) is 30.3 Å². The van der Waals surface area contributed by atoms with E-state index >= 15 is 0 Å². The smallest absolute Gasteiger partial charge is 0.342 e. The topological polar surface area (TPSA) is 77.2 Å². The highest BCUT2D eigenvalue weighted by molar-refractivity contribution is 6.07. The van der Waals surface area contributed by atoms with E-state index in [1.807, 2.05) is 18.2 Å².